The number of ether oxygens (including phenoxy) is 2. The van der Waals surface area contributed by atoms with Gasteiger partial charge in [-0.25, -0.2) is 8.42 Å². The van der Waals surface area contributed by atoms with Gasteiger partial charge in [-0.15, -0.1) is 0 Å². The molecule has 1 amide bonds. The number of carbonyl (C=O) groups excluding carboxylic acids is 1. The molecule has 2 aromatic carbocycles. The topological polar surface area (TPSA) is 84.9 Å². The molecule has 0 aliphatic carbocycles. The molecule has 0 aromatic heterocycles. The van der Waals surface area contributed by atoms with Crippen LogP contribution in [0.15, 0.2) is 53.4 Å². The zero-order valence-corrected chi connectivity index (χ0v) is 19.1. The van der Waals surface area contributed by atoms with E-state index in [1.165, 1.54) is 4.31 Å². The fraction of sp³-hybridized carbons (Fsp3) is 0.435. The third kappa shape index (κ3) is 5.37. The summed E-state index contributed by atoms with van der Waals surface area (Å²) in [5.74, 6) is 1.20. The maximum Gasteiger partial charge on any atom is 0.243 e. The number of hydrogen-bond acceptors (Lipinski definition) is 5. The molecule has 8 heteroatoms. The van der Waals surface area contributed by atoms with Crippen molar-refractivity contribution < 1.29 is 22.7 Å². The molecule has 0 saturated carbocycles. The molecule has 31 heavy (non-hydrogen) atoms. The maximum absolute atomic E-state index is 13.2. The van der Waals surface area contributed by atoms with Crippen LogP contribution < -0.4 is 14.8 Å². The van der Waals surface area contributed by atoms with Crippen LogP contribution in [0.5, 0.6) is 11.5 Å². The fourth-order valence-corrected chi connectivity index (χ4v) is 5.39. The number of methoxy groups -OCH3 is 1. The maximum atomic E-state index is 13.2. The van der Waals surface area contributed by atoms with E-state index in [2.05, 4.69) is 5.32 Å². The standard InChI is InChI=1S/C23H30N2O5S/c1-4-30-19-9-11-21(12-10-19)31(27,28)25-14-6-13-23(2,17-25)22(26)24-16-18-7-5-8-20(15-18)29-3/h5,7-12,15H,4,6,13-14,16-17H2,1-3H3,(H,24,26)/t23-/m0/s1. The van der Waals surface area contributed by atoms with E-state index in [4.69, 9.17) is 9.47 Å². The molecule has 1 atom stereocenters. The largest absolute Gasteiger partial charge is 0.497 e. The van der Waals surface area contributed by atoms with E-state index >= 15 is 0 Å². The number of hydrogen-bond donors (Lipinski definition) is 1. The molecular weight excluding hydrogens is 416 g/mol. The number of nitrogens with one attached hydrogen (secondary N) is 1. The summed E-state index contributed by atoms with van der Waals surface area (Å²) in [6.07, 6.45) is 1.26. The van der Waals surface area contributed by atoms with Crippen molar-refractivity contribution in [3.8, 4) is 11.5 Å². The Morgan fingerprint density at radius 2 is 1.90 bits per heavy atom. The first-order valence-electron chi connectivity index (χ1n) is 10.4. The van der Waals surface area contributed by atoms with Crippen molar-refractivity contribution in [2.45, 2.75) is 38.1 Å². The number of piperidine rings is 1. The van der Waals surface area contributed by atoms with Gasteiger partial charge in [0.05, 0.1) is 24.0 Å². The van der Waals surface area contributed by atoms with Gasteiger partial charge in [0.1, 0.15) is 11.5 Å². The van der Waals surface area contributed by atoms with Gasteiger partial charge in [0.2, 0.25) is 15.9 Å². The Morgan fingerprint density at radius 1 is 1.16 bits per heavy atom. The summed E-state index contributed by atoms with van der Waals surface area (Å²) in [7, 11) is -2.10. The lowest BCUT2D eigenvalue weighted by Gasteiger charge is -2.38. The summed E-state index contributed by atoms with van der Waals surface area (Å²) < 4.78 is 38.3. The van der Waals surface area contributed by atoms with Crippen LogP contribution in [0.25, 0.3) is 0 Å². The quantitative estimate of drug-likeness (QED) is 0.673. The van der Waals surface area contributed by atoms with Gasteiger partial charge in [0.15, 0.2) is 0 Å². The Hall–Kier alpha value is -2.58. The second-order valence-electron chi connectivity index (χ2n) is 7.94. The first-order valence-corrected chi connectivity index (χ1v) is 11.9. The minimum atomic E-state index is -3.69. The molecule has 0 bridgehead atoms. The Bertz CT molecular complexity index is 1010. The van der Waals surface area contributed by atoms with Crippen molar-refractivity contribution in [2.24, 2.45) is 5.41 Å². The number of carbonyl (C=O) groups is 1. The summed E-state index contributed by atoms with van der Waals surface area (Å²) in [6.45, 7) is 5.12. The molecule has 0 radical (unpaired) electrons. The third-order valence-corrected chi connectivity index (χ3v) is 7.43. The van der Waals surface area contributed by atoms with E-state index in [1.54, 1.807) is 31.4 Å². The molecule has 1 saturated heterocycles. The number of rotatable bonds is 8. The van der Waals surface area contributed by atoms with Crippen LogP contribution >= 0.6 is 0 Å². The highest BCUT2D eigenvalue weighted by Crippen LogP contribution is 2.33. The summed E-state index contributed by atoms with van der Waals surface area (Å²) in [5, 5.41) is 2.96. The predicted molar refractivity (Wildman–Crippen MR) is 119 cm³/mol. The molecule has 168 valence electrons. The fourth-order valence-electron chi connectivity index (χ4n) is 3.79. The van der Waals surface area contributed by atoms with Crippen LogP contribution in [0, 0.1) is 5.41 Å². The van der Waals surface area contributed by atoms with Gasteiger partial charge in [0, 0.05) is 19.6 Å². The van der Waals surface area contributed by atoms with E-state index in [9.17, 15) is 13.2 Å². The Labute approximate surface area is 184 Å². The average molecular weight is 447 g/mol. The first kappa shape index (κ1) is 23.1. The van der Waals surface area contributed by atoms with Crippen molar-refractivity contribution in [1.29, 1.82) is 0 Å². The highest BCUT2D eigenvalue weighted by Gasteiger charge is 2.41. The van der Waals surface area contributed by atoms with E-state index < -0.39 is 15.4 Å². The molecule has 3 rings (SSSR count). The van der Waals surface area contributed by atoms with Gasteiger partial charge < -0.3 is 14.8 Å². The lowest BCUT2D eigenvalue weighted by atomic mass is 9.82. The molecular formula is C23H30N2O5S. The molecule has 2 aromatic rings. The van der Waals surface area contributed by atoms with Crippen molar-refractivity contribution in [1.82, 2.24) is 9.62 Å². The van der Waals surface area contributed by atoms with Crippen LogP contribution in [-0.2, 0) is 21.4 Å². The first-order chi connectivity index (χ1) is 14.8. The highest BCUT2D eigenvalue weighted by atomic mass is 32.2. The molecule has 1 fully saturated rings. The number of sulfonamides is 1. The second kappa shape index (κ2) is 9.70. The lowest BCUT2D eigenvalue weighted by Crippen LogP contribution is -2.51. The summed E-state index contributed by atoms with van der Waals surface area (Å²) in [6, 6.07) is 13.9. The predicted octanol–water partition coefficient (Wildman–Crippen LogP) is 3.20. The smallest absolute Gasteiger partial charge is 0.243 e. The van der Waals surface area contributed by atoms with Crippen LogP contribution in [0.2, 0.25) is 0 Å². The molecule has 7 nitrogen and oxygen atoms in total. The van der Waals surface area contributed by atoms with Crippen LogP contribution in [0.4, 0.5) is 0 Å². The van der Waals surface area contributed by atoms with Crippen LogP contribution in [0.1, 0.15) is 32.3 Å². The van der Waals surface area contributed by atoms with Gasteiger partial charge in [-0.05, 0) is 68.7 Å². The van der Waals surface area contributed by atoms with Gasteiger partial charge >= 0.3 is 0 Å². The van der Waals surface area contributed by atoms with Gasteiger partial charge in [0.25, 0.3) is 0 Å². The van der Waals surface area contributed by atoms with Gasteiger partial charge in [-0.1, -0.05) is 12.1 Å². The molecule has 1 heterocycles. The highest BCUT2D eigenvalue weighted by molar-refractivity contribution is 7.89. The Morgan fingerprint density at radius 3 is 2.58 bits per heavy atom. The SMILES string of the molecule is CCOc1ccc(S(=O)(=O)N2CCC[C@](C)(C(=O)NCc3cccc(OC)c3)C2)cc1. The van der Waals surface area contributed by atoms with E-state index in [0.29, 0.717) is 38.3 Å². The molecule has 0 spiro atoms. The molecule has 1 aliphatic rings. The number of benzene rings is 2. The molecule has 1 aliphatic heterocycles. The van der Waals surface area contributed by atoms with Crippen molar-refractivity contribution in [3.63, 3.8) is 0 Å². The number of nitrogens with zero attached hydrogens (tertiary/aromatic N) is 1. The second-order valence-corrected chi connectivity index (χ2v) is 9.88. The molecule has 0 unspecified atom stereocenters. The Kier molecular flexibility index (Phi) is 7.23. The zero-order valence-electron chi connectivity index (χ0n) is 18.3. The minimum Gasteiger partial charge on any atom is -0.497 e. The monoisotopic (exact) mass is 446 g/mol. The summed E-state index contributed by atoms with van der Waals surface area (Å²) >= 11 is 0. The Balaban J connectivity index is 1.69. The van der Waals surface area contributed by atoms with Gasteiger partial charge in [-0.2, -0.15) is 4.31 Å². The van der Waals surface area contributed by atoms with E-state index in [0.717, 1.165) is 11.3 Å². The third-order valence-electron chi connectivity index (χ3n) is 5.57. The number of amides is 1. The van der Waals surface area contributed by atoms with Gasteiger partial charge in [-0.3, -0.25) is 4.79 Å². The van der Waals surface area contributed by atoms with Crippen molar-refractivity contribution in [3.05, 3.63) is 54.1 Å². The van der Waals surface area contributed by atoms with E-state index in [-0.39, 0.29) is 17.3 Å². The van der Waals surface area contributed by atoms with E-state index in [1.807, 2.05) is 38.1 Å². The van der Waals surface area contributed by atoms with Crippen molar-refractivity contribution in [2.75, 3.05) is 26.8 Å². The summed E-state index contributed by atoms with van der Waals surface area (Å²) in [4.78, 5) is 13.2. The average Bonchev–Trinajstić information content (AvgIpc) is 2.78. The summed E-state index contributed by atoms with van der Waals surface area (Å²) in [5.41, 5.74) is 0.126. The zero-order chi connectivity index (χ0) is 22.5. The lowest BCUT2D eigenvalue weighted by molar-refractivity contribution is -0.132. The minimum absolute atomic E-state index is 0.145. The van der Waals surface area contributed by atoms with Crippen LogP contribution in [-0.4, -0.2) is 45.4 Å². The normalized spacial score (nSPS) is 19.6. The van der Waals surface area contributed by atoms with Crippen molar-refractivity contribution >= 4 is 15.9 Å². The van der Waals surface area contributed by atoms with Crippen LogP contribution in [0.3, 0.4) is 0 Å². The molecule has 1 N–H and O–H groups in total.